The molecular weight excluding hydrogens is 306 g/mol. The van der Waals surface area contributed by atoms with Crippen LogP contribution in [0.4, 0.5) is 0 Å². The van der Waals surface area contributed by atoms with Gasteiger partial charge in [0.1, 0.15) is 4.90 Å². The third-order valence-corrected chi connectivity index (χ3v) is 6.00. The molecule has 0 aromatic carbocycles. The van der Waals surface area contributed by atoms with E-state index in [1.54, 1.807) is 25.6 Å². The standard InChI is InChI=1S/C10H16BrN3O2S/c1-7-10(8(2)13(3)12-7)17(15,16)14-5-4-9(11)6-14/h9H,4-6H2,1-3H3. The quantitative estimate of drug-likeness (QED) is 0.769. The number of hydrogen-bond acceptors (Lipinski definition) is 3. The summed E-state index contributed by atoms with van der Waals surface area (Å²) in [7, 11) is -1.63. The lowest BCUT2D eigenvalue weighted by Crippen LogP contribution is -2.29. The zero-order valence-corrected chi connectivity index (χ0v) is 12.5. The SMILES string of the molecule is Cc1nn(C)c(C)c1S(=O)(=O)N1CCC(Br)C1. The minimum Gasteiger partial charge on any atom is -0.271 e. The summed E-state index contributed by atoms with van der Waals surface area (Å²) in [6.07, 6.45) is 0.859. The molecule has 1 aromatic heterocycles. The molecule has 17 heavy (non-hydrogen) atoms. The molecule has 5 nitrogen and oxygen atoms in total. The van der Waals surface area contributed by atoms with Crippen molar-refractivity contribution < 1.29 is 8.42 Å². The molecule has 1 saturated heterocycles. The highest BCUT2D eigenvalue weighted by molar-refractivity contribution is 9.09. The maximum Gasteiger partial charge on any atom is 0.246 e. The van der Waals surface area contributed by atoms with Gasteiger partial charge in [0.05, 0.1) is 11.4 Å². The Morgan fingerprint density at radius 2 is 2.06 bits per heavy atom. The molecule has 0 aliphatic carbocycles. The van der Waals surface area contributed by atoms with Crippen LogP contribution >= 0.6 is 15.9 Å². The normalized spacial score (nSPS) is 22.2. The molecule has 0 saturated carbocycles. The Labute approximate surface area is 110 Å². The van der Waals surface area contributed by atoms with Crippen LogP contribution in [0.15, 0.2) is 4.90 Å². The van der Waals surface area contributed by atoms with E-state index in [-0.39, 0.29) is 4.83 Å². The first kappa shape index (κ1) is 13.0. The predicted molar refractivity (Wildman–Crippen MR) is 68.8 cm³/mol. The molecule has 1 unspecified atom stereocenters. The fraction of sp³-hybridized carbons (Fsp3) is 0.700. The highest BCUT2D eigenvalue weighted by atomic mass is 79.9. The molecule has 2 heterocycles. The summed E-state index contributed by atoms with van der Waals surface area (Å²) in [4.78, 5) is 0.621. The number of hydrogen-bond donors (Lipinski definition) is 0. The second kappa shape index (κ2) is 4.37. The zero-order valence-electron chi connectivity index (χ0n) is 10.1. The third kappa shape index (κ3) is 2.15. The van der Waals surface area contributed by atoms with Crippen molar-refractivity contribution in [3.8, 4) is 0 Å². The fourth-order valence-electron chi connectivity index (χ4n) is 2.16. The van der Waals surface area contributed by atoms with Gasteiger partial charge in [-0.1, -0.05) is 15.9 Å². The maximum absolute atomic E-state index is 12.5. The Bertz CT molecular complexity index is 538. The summed E-state index contributed by atoms with van der Waals surface area (Å²) in [6.45, 7) is 4.64. The maximum atomic E-state index is 12.5. The van der Waals surface area contributed by atoms with E-state index in [4.69, 9.17) is 0 Å². The Balaban J connectivity index is 2.45. The number of alkyl halides is 1. The van der Waals surface area contributed by atoms with Gasteiger partial charge in [-0.05, 0) is 20.3 Å². The van der Waals surface area contributed by atoms with E-state index in [1.165, 1.54) is 4.31 Å². The van der Waals surface area contributed by atoms with Gasteiger partial charge in [0.2, 0.25) is 10.0 Å². The highest BCUT2D eigenvalue weighted by Gasteiger charge is 2.34. The highest BCUT2D eigenvalue weighted by Crippen LogP contribution is 2.27. The summed E-state index contributed by atoms with van der Waals surface area (Å²) in [5.41, 5.74) is 1.27. The van der Waals surface area contributed by atoms with Gasteiger partial charge in [0.15, 0.2) is 0 Å². The van der Waals surface area contributed by atoms with Crippen molar-refractivity contribution in [2.75, 3.05) is 13.1 Å². The molecule has 96 valence electrons. The van der Waals surface area contributed by atoms with E-state index in [2.05, 4.69) is 21.0 Å². The third-order valence-electron chi connectivity index (χ3n) is 3.13. The first-order chi connectivity index (χ1) is 7.84. The average molecular weight is 322 g/mol. The largest absolute Gasteiger partial charge is 0.271 e. The second-order valence-corrected chi connectivity index (χ2v) is 7.54. The van der Waals surface area contributed by atoms with Gasteiger partial charge in [0.25, 0.3) is 0 Å². The Kier molecular flexibility index (Phi) is 3.35. The average Bonchev–Trinajstić information content (AvgIpc) is 2.73. The molecular formula is C10H16BrN3O2S. The van der Waals surface area contributed by atoms with Crippen LogP contribution in [0.1, 0.15) is 17.8 Å². The molecule has 1 fully saturated rings. The van der Waals surface area contributed by atoms with E-state index in [1.807, 2.05) is 0 Å². The molecule has 1 aliphatic heterocycles. The van der Waals surface area contributed by atoms with Gasteiger partial charge in [-0.2, -0.15) is 9.40 Å². The molecule has 0 bridgehead atoms. The summed E-state index contributed by atoms with van der Waals surface area (Å²) in [5, 5.41) is 4.17. The van der Waals surface area contributed by atoms with Crippen LogP contribution in [-0.2, 0) is 17.1 Å². The monoisotopic (exact) mass is 321 g/mol. The minimum absolute atomic E-state index is 0.259. The van der Waals surface area contributed by atoms with Crippen molar-refractivity contribution in [3.63, 3.8) is 0 Å². The van der Waals surface area contributed by atoms with Crippen molar-refractivity contribution in [3.05, 3.63) is 11.4 Å². The topological polar surface area (TPSA) is 55.2 Å². The molecule has 0 radical (unpaired) electrons. The number of aryl methyl sites for hydroxylation is 2. The van der Waals surface area contributed by atoms with E-state index in [0.717, 1.165) is 6.42 Å². The molecule has 1 atom stereocenters. The summed E-state index contributed by atoms with van der Waals surface area (Å²) in [5.74, 6) is 0. The van der Waals surface area contributed by atoms with Crippen molar-refractivity contribution in [2.45, 2.75) is 30.0 Å². The van der Waals surface area contributed by atoms with E-state index in [9.17, 15) is 8.42 Å². The summed E-state index contributed by atoms with van der Waals surface area (Å²) in [6, 6.07) is 0. The molecule has 2 rings (SSSR count). The number of aromatic nitrogens is 2. The van der Waals surface area contributed by atoms with E-state index in [0.29, 0.717) is 29.4 Å². The van der Waals surface area contributed by atoms with Crippen LogP contribution in [0.25, 0.3) is 0 Å². The van der Waals surface area contributed by atoms with Crippen molar-refractivity contribution in [1.82, 2.24) is 14.1 Å². The van der Waals surface area contributed by atoms with E-state index < -0.39 is 10.0 Å². The predicted octanol–water partition coefficient (Wildman–Crippen LogP) is 1.19. The fourth-order valence-corrected chi connectivity index (χ4v) is 4.81. The van der Waals surface area contributed by atoms with Crippen LogP contribution in [0, 0.1) is 13.8 Å². The lowest BCUT2D eigenvalue weighted by Gasteiger charge is -2.15. The van der Waals surface area contributed by atoms with Crippen molar-refractivity contribution in [1.29, 1.82) is 0 Å². The second-order valence-electron chi connectivity index (χ2n) is 4.37. The summed E-state index contributed by atoms with van der Waals surface area (Å²) >= 11 is 3.46. The van der Waals surface area contributed by atoms with Gasteiger partial charge < -0.3 is 0 Å². The Hall–Kier alpha value is -0.400. The molecule has 1 aromatic rings. The van der Waals surface area contributed by atoms with Gasteiger partial charge in [-0.3, -0.25) is 4.68 Å². The summed E-state index contributed by atoms with van der Waals surface area (Å²) < 4.78 is 28.1. The van der Waals surface area contributed by atoms with Crippen LogP contribution in [0.2, 0.25) is 0 Å². The number of nitrogens with zero attached hydrogens (tertiary/aromatic N) is 3. The lowest BCUT2D eigenvalue weighted by atomic mass is 10.4. The molecule has 0 amide bonds. The smallest absolute Gasteiger partial charge is 0.246 e. The van der Waals surface area contributed by atoms with E-state index >= 15 is 0 Å². The van der Waals surface area contributed by atoms with Gasteiger partial charge in [0, 0.05) is 25.0 Å². The van der Waals surface area contributed by atoms with Gasteiger partial charge in [-0.15, -0.1) is 0 Å². The number of halogens is 1. The zero-order chi connectivity index (χ0) is 12.8. The number of rotatable bonds is 2. The first-order valence-electron chi connectivity index (χ1n) is 5.48. The van der Waals surface area contributed by atoms with Crippen LogP contribution in [0.5, 0.6) is 0 Å². The molecule has 0 N–H and O–H groups in total. The van der Waals surface area contributed by atoms with Gasteiger partial charge >= 0.3 is 0 Å². The lowest BCUT2D eigenvalue weighted by molar-refractivity contribution is 0.477. The van der Waals surface area contributed by atoms with Crippen LogP contribution < -0.4 is 0 Å². The van der Waals surface area contributed by atoms with Gasteiger partial charge in [-0.25, -0.2) is 8.42 Å². The van der Waals surface area contributed by atoms with Crippen molar-refractivity contribution >= 4 is 26.0 Å². The minimum atomic E-state index is -3.39. The Morgan fingerprint density at radius 1 is 1.41 bits per heavy atom. The Morgan fingerprint density at radius 3 is 2.47 bits per heavy atom. The van der Waals surface area contributed by atoms with Crippen LogP contribution in [0.3, 0.4) is 0 Å². The van der Waals surface area contributed by atoms with Crippen molar-refractivity contribution in [2.24, 2.45) is 7.05 Å². The molecule has 0 spiro atoms. The van der Waals surface area contributed by atoms with Crippen LogP contribution in [-0.4, -0.2) is 40.4 Å². The molecule has 7 heteroatoms. The number of sulfonamides is 1. The first-order valence-corrected chi connectivity index (χ1v) is 7.84. The molecule has 1 aliphatic rings.